The smallest absolute Gasteiger partial charge is 0.270 e. The van der Waals surface area contributed by atoms with Gasteiger partial charge in [-0.1, -0.05) is 24.3 Å². The fraction of sp³-hybridized carbons (Fsp3) is 0.115. The average molecular weight is 535 g/mol. The summed E-state index contributed by atoms with van der Waals surface area (Å²) in [7, 11) is 1.60. The number of nitrogens with one attached hydrogen (secondary N) is 2. The fourth-order valence-electron chi connectivity index (χ4n) is 3.32. The number of hydrogen-bond donors (Lipinski definition) is 2. The number of carbonyl (C=O) groups is 2. The number of thiazole rings is 1. The van der Waals surface area contributed by atoms with Crippen LogP contribution in [0, 0.1) is 10.1 Å². The average Bonchev–Trinajstić information content (AvgIpc) is 3.37. The second kappa shape index (κ2) is 11.7. The highest BCUT2D eigenvalue weighted by molar-refractivity contribution is 8.00. The first-order chi connectivity index (χ1) is 17.8. The maximum Gasteiger partial charge on any atom is 0.270 e. The number of rotatable bonds is 9. The van der Waals surface area contributed by atoms with Gasteiger partial charge in [0, 0.05) is 39.2 Å². The predicted octanol–water partition coefficient (Wildman–Crippen LogP) is 6.10. The molecule has 4 rings (SSSR count). The number of benzene rings is 3. The summed E-state index contributed by atoms with van der Waals surface area (Å²) in [6.45, 7) is 1.78. The second-order valence-electron chi connectivity index (χ2n) is 7.81. The first-order valence-corrected chi connectivity index (χ1v) is 12.8. The van der Waals surface area contributed by atoms with Crippen LogP contribution >= 0.6 is 23.1 Å². The van der Waals surface area contributed by atoms with Crippen molar-refractivity contribution in [2.45, 2.75) is 17.1 Å². The number of anilines is 2. The Labute approximate surface area is 221 Å². The van der Waals surface area contributed by atoms with Crippen LogP contribution in [0.1, 0.15) is 17.3 Å². The molecule has 1 heterocycles. The zero-order valence-electron chi connectivity index (χ0n) is 19.8. The molecule has 0 spiro atoms. The van der Waals surface area contributed by atoms with Crippen molar-refractivity contribution in [3.05, 3.63) is 93.9 Å². The largest absolute Gasteiger partial charge is 0.497 e. The normalized spacial score (nSPS) is 11.4. The van der Waals surface area contributed by atoms with E-state index in [0.29, 0.717) is 10.8 Å². The zero-order valence-corrected chi connectivity index (χ0v) is 21.5. The Morgan fingerprint density at radius 1 is 1.05 bits per heavy atom. The number of carbonyl (C=O) groups excluding carboxylic acids is 2. The molecule has 1 unspecified atom stereocenters. The van der Waals surface area contributed by atoms with E-state index in [1.807, 2.05) is 35.7 Å². The molecule has 0 saturated heterocycles. The summed E-state index contributed by atoms with van der Waals surface area (Å²) in [5, 5.41) is 18.5. The molecule has 1 aromatic heterocycles. The molecule has 188 valence electrons. The van der Waals surface area contributed by atoms with Gasteiger partial charge in [0.15, 0.2) is 5.13 Å². The number of thioether (sulfide) groups is 1. The van der Waals surface area contributed by atoms with Crippen LogP contribution in [0.15, 0.2) is 83.1 Å². The molecule has 3 aromatic carbocycles. The summed E-state index contributed by atoms with van der Waals surface area (Å²) < 4.78 is 5.26. The molecule has 0 aliphatic carbocycles. The van der Waals surface area contributed by atoms with Crippen LogP contribution in [-0.2, 0) is 4.79 Å². The van der Waals surface area contributed by atoms with Crippen LogP contribution in [0.4, 0.5) is 16.5 Å². The lowest BCUT2D eigenvalue weighted by Crippen LogP contribution is -2.22. The minimum absolute atomic E-state index is 0.160. The van der Waals surface area contributed by atoms with Gasteiger partial charge in [0.1, 0.15) is 5.75 Å². The molecule has 0 radical (unpaired) electrons. The van der Waals surface area contributed by atoms with Crippen molar-refractivity contribution in [2.24, 2.45) is 0 Å². The summed E-state index contributed by atoms with van der Waals surface area (Å²) >= 11 is 2.67. The molecule has 2 amide bonds. The third-order valence-electron chi connectivity index (χ3n) is 5.19. The van der Waals surface area contributed by atoms with Crippen molar-refractivity contribution in [3.63, 3.8) is 0 Å². The Bertz CT molecular complexity index is 1460. The molecule has 1 atom stereocenters. The quantitative estimate of drug-likeness (QED) is 0.151. The van der Waals surface area contributed by atoms with Gasteiger partial charge < -0.3 is 15.4 Å². The molecule has 0 fully saturated rings. The summed E-state index contributed by atoms with van der Waals surface area (Å²) in [4.78, 5) is 41.1. The van der Waals surface area contributed by atoms with Gasteiger partial charge >= 0.3 is 0 Å². The number of methoxy groups -OCH3 is 1. The standard InChI is InChI=1S/C26H22N4O5S2/c1-16(24(31)29-26-28-23(15-36-26)17-6-4-10-21(13-17)35-2)37-22-11-5-8-19(14-22)27-25(32)18-7-3-9-20(12-18)30(33)34/h3-16H,1-2H3,(H,27,32)(H,28,29,31). The number of nitrogens with zero attached hydrogens (tertiary/aromatic N) is 2. The number of hydrogen-bond acceptors (Lipinski definition) is 8. The molecular weight excluding hydrogens is 512 g/mol. The maximum absolute atomic E-state index is 12.8. The summed E-state index contributed by atoms with van der Waals surface area (Å²) in [6, 6.07) is 20.1. The second-order valence-corrected chi connectivity index (χ2v) is 10.1. The van der Waals surface area contributed by atoms with E-state index in [9.17, 15) is 19.7 Å². The highest BCUT2D eigenvalue weighted by Gasteiger charge is 2.17. The molecule has 0 aliphatic heterocycles. The topological polar surface area (TPSA) is 123 Å². The van der Waals surface area contributed by atoms with Gasteiger partial charge in [-0.05, 0) is 43.3 Å². The molecule has 4 aromatic rings. The predicted molar refractivity (Wildman–Crippen MR) is 146 cm³/mol. The third-order valence-corrected chi connectivity index (χ3v) is 7.04. The van der Waals surface area contributed by atoms with Crippen molar-refractivity contribution in [2.75, 3.05) is 17.7 Å². The molecular formula is C26H22N4O5S2. The lowest BCUT2D eigenvalue weighted by molar-refractivity contribution is -0.384. The maximum atomic E-state index is 12.8. The van der Waals surface area contributed by atoms with Gasteiger partial charge in [-0.3, -0.25) is 19.7 Å². The van der Waals surface area contributed by atoms with Crippen LogP contribution in [0.2, 0.25) is 0 Å². The Kier molecular flexibility index (Phi) is 8.16. The van der Waals surface area contributed by atoms with Gasteiger partial charge in [0.25, 0.3) is 11.6 Å². The Morgan fingerprint density at radius 2 is 1.84 bits per heavy atom. The molecule has 37 heavy (non-hydrogen) atoms. The van der Waals surface area contributed by atoms with Crippen LogP contribution in [0.5, 0.6) is 5.75 Å². The van der Waals surface area contributed by atoms with Crippen LogP contribution in [0.3, 0.4) is 0 Å². The SMILES string of the molecule is COc1cccc(-c2csc(NC(=O)C(C)Sc3cccc(NC(=O)c4cccc([N+](=O)[O-])c4)c3)n2)c1. The highest BCUT2D eigenvalue weighted by atomic mass is 32.2. The Balaban J connectivity index is 1.37. The van der Waals surface area contributed by atoms with E-state index < -0.39 is 16.1 Å². The molecule has 0 bridgehead atoms. The van der Waals surface area contributed by atoms with Gasteiger partial charge in [-0.25, -0.2) is 4.98 Å². The van der Waals surface area contributed by atoms with Crippen molar-refractivity contribution in [1.29, 1.82) is 0 Å². The summed E-state index contributed by atoms with van der Waals surface area (Å²) in [6.07, 6.45) is 0. The van der Waals surface area contributed by atoms with E-state index >= 15 is 0 Å². The molecule has 9 nitrogen and oxygen atoms in total. The summed E-state index contributed by atoms with van der Waals surface area (Å²) in [5.74, 6) is 0.0550. The third kappa shape index (κ3) is 6.72. The zero-order chi connectivity index (χ0) is 26.4. The van der Waals surface area contributed by atoms with Crippen molar-refractivity contribution < 1.29 is 19.2 Å². The van der Waals surface area contributed by atoms with Crippen molar-refractivity contribution in [3.8, 4) is 17.0 Å². The lowest BCUT2D eigenvalue weighted by atomic mass is 10.2. The minimum atomic E-state index is -0.550. The number of nitro benzene ring substituents is 1. The van der Waals surface area contributed by atoms with Gasteiger partial charge in [0.2, 0.25) is 5.91 Å². The molecule has 0 saturated carbocycles. The first-order valence-electron chi connectivity index (χ1n) is 11.1. The van der Waals surface area contributed by atoms with Crippen LogP contribution < -0.4 is 15.4 Å². The lowest BCUT2D eigenvalue weighted by Gasteiger charge is -2.12. The van der Waals surface area contributed by atoms with Crippen LogP contribution in [0.25, 0.3) is 11.3 Å². The van der Waals surface area contributed by atoms with E-state index in [2.05, 4.69) is 15.6 Å². The van der Waals surface area contributed by atoms with Crippen molar-refractivity contribution >= 4 is 51.4 Å². The number of ether oxygens (including phenoxy) is 1. The fourth-order valence-corrected chi connectivity index (χ4v) is 4.97. The Morgan fingerprint density at radius 3 is 2.62 bits per heavy atom. The monoisotopic (exact) mass is 534 g/mol. The van der Waals surface area contributed by atoms with Crippen LogP contribution in [-0.4, -0.2) is 34.1 Å². The number of amides is 2. The first kappa shape index (κ1) is 25.9. The Hall–Kier alpha value is -4.22. The van der Waals surface area contributed by atoms with E-state index in [0.717, 1.165) is 21.9 Å². The van der Waals surface area contributed by atoms with Gasteiger partial charge in [0.05, 0.1) is 23.0 Å². The number of aromatic nitrogens is 1. The van der Waals surface area contributed by atoms with E-state index in [4.69, 9.17) is 4.74 Å². The molecule has 2 N–H and O–H groups in total. The van der Waals surface area contributed by atoms with E-state index in [-0.39, 0.29) is 17.2 Å². The highest BCUT2D eigenvalue weighted by Crippen LogP contribution is 2.30. The van der Waals surface area contributed by atoms with Gasteiger partial charge in [-0.15, -0.1) is 23.1 Å². The van der Waals surface area contributed by atoms with Crippen molar-refractivity contribution in [1.82, 2.24) is 4.98 Å². The van der Waals surface area contributed by atoms with Gasteiger partial charge in [-0.2, -0.15) is 0 Å². The van der Waals surface area contributed by atoms with E-state index in [1.54, 1.807) is 32.2 Å². The number of non-ortho nitro benzene ring substituents is 1. The summed E-state index contributed by atoms with van der Waals surface area (Å²) in [5.41, 5.74) is 2.16. The molecule has 11 heteroatoms. The number of nitro groups is 1. The minimum Gasteiger partial charge on any atom is -0.497 e. The van der Waals surface area contributed by atoms with E-state index in [1.165, 1.54) is 47.4 Å². The molecule has 0 aliphatic rings.